The van der Waals surface area contributed by atoms with Crippen molar-refractivity contribution in [3.63, 3.8) is 0 Å². The second-order valence-electron chi connectivity index (χ2n) is 8.98. The van der Waals surface area contributed by atoms with Crippen molar-refractivity contribution in [2.45, 2.75) is 84.5 Å². The van der Waals surface area contributed by atoms with Crippen LogP contribution in [0.3, 0.4) is 0 Å². The third-order valence-electron chi connectivity index (χ3n) is 6.13. The normalized spacial score (nSPS) is 11.3. The molecule has 0 aliphatic rings. The third kappa shape index (κ3) is 13.5. The van der Waals surface area contributed by atoms with Gasteiger partial charge in [0.25, 0.3) is 6.47 Å². The maximum Gasteiger partial charge on any atom is 0.416 e. The van der Waals surface area contributed by atoms with Crippen molar-refractivity contribution in [2.24, 2.45) is 5.73 Å². The Bertz CT molecular complexity index is 1040. The Morgan fingerprint density at radius 3 is 2.29 bits per heavy atom. The maximum absolute atomic E-state index is 13.1. The third-order valence-corrected chi connectivity index (χ3v) is 6.13. The molecule has 5 N–H and O–H groups in total. The van der Waals surface area contributed by atoms with Gasteiger partial charge in [0.2, 0.25) is 6.41 Å². The number of nitrogens with two attached hydrogens (primary N) is 1. The number of phenolic OH excluding ortho intramolecular Hbond substituents is 1. The van der Waals surface area contributed by atoms with Crippen molar-refractivity contribution < 1.29 is 37.3 Å². The van der Waals surface area contributed by atoms with Gasteiger partial charge in [-0.2, -0.15) is 13.2 Å². The van der Waals surface area contributed by atoms with Gasteiger partial charge in [0, 0.05) is 37.4 Å². The van der Waals surface area contributed by atoms with Crippen LogP contribution in [0.4, 0.5) is 19.0 Å². The number of aromatic nitrogens is 2. The summed E-state index contributed by atoms with van der Waals surface area (Å²) in [6, 6.07) is 2.95. The predicted molar refractivity (Wildman–Crippen MR) is 157 cm³/mol. The Morgan fingerprint density at radius 2 is 1.79 bits per heavy atom. The number of aromatic hydroxyl groups is 1. The van der Waals surface area contributed by atoms with E-state index in [-0.39, 0.29) is 23.8 Å². The molecule has 1 aromatic carbocycles. The van der Waals surface area contributed by atoms with Gasteiger partial charge in [0.05, 0.1) is 12.2 Å². The molecule has 0 saturated carbocycles. The van der Waals surface area contributed by atoms with Crippen LogP contribution in [0.2, 0.25) is 0 Å². The van der Waals surface area contributed by atoms with E-state index < -0.39 is 17.5 Å². The number of rotatable bonds is 17. The molecule has 0 fully saturated rings. The lowest BCUT2D eigenvalue weighted by molar-refractivity contribution is -0.137. The molecule has 0 aliphatic heterocycles. The Hall–Kier alpha value is -3.45. The van der Waals surface area contributed by atoms with Gasteiger partial charge in [0.1, 0.15) is 11.4 Å². The topological polar surface area (TPSA) is 149 Å². The molecule has 0 spiro atoms. The van der Waals surface area contributed by atoms with Gasteiger partial charge >= 0.3 is 6.18 Å². The molecular weight excluding hydrogens is 555 g/mol. The molecule has 1 amide bonds. The fourth-order valence-electron chi connectivity index (χ4n) is 4.02. The highest BCUT2D eigenvalue weighted by molar-refractivity contribution is 5.73. The Balaban J connectivity index is 0.00000216. The number of alkyl halides is 3. The SMILES string of the molecule is CCCCCC(CC)Nc1nnc(-c2ccc(C(F)(F)F)cc2O)c(CCCOC)c1CNC=O.CCOC=O.CN. The Morgan fingerprint density at radius 1 is 1.07 bits per heavy atom. The zero-order valence-corrected chi connectivity index (χ0v) is 25.2. The quantitative estimate of drug-likeness (QED) is 0.141. The van der Waals surface area contributed by atoms with Gasteiger partial charge in [-0.3, -0.25) is 9.59 Å². The highest BCUT2D eigenvalue weighted by Crippen LogP contribution is 2.38. The minimum atomic E-state index is -4.58. The number of unbranched alkanes of at least 4 members (excludes halogenated alkanes) is 2. The monoisotopic (exact) mass is 601 g/mol. The van der Waals surface area contributed by atoms with Crippen molar-refractivity contribution in [3.8, 4) is 17.0 Å². The minimum Gasteiger partial charge on any atom is -0.507 e. The summed E-state index contributed by atoms with van der Waals surface area (Å²) in [5, 5.41) is 25.2. The van der Waals surface area contributed by atoms with E-state index >= 15 is 0 Å². The fourth-order valence-corrected chi connectivity index (χ4v) is 4.02. The first-order valence-corrected chi connectivity index (χ1v) is 14.0. The van der Waals surface area contributed by atoms with E-state index in [9.17, 15) is 27.9 Å². The maximum atomic E-state index is 13.1. The molecule has 42 heavy (non-hydrogen) atoms. The summed E-state index contributed by atoms with van der Waals surface area (Å²) in [5.74, 6) is -0.0200. The van der Waals surface area contributed by atoms with E-state index in [0.717, 1.165) is 38.2 Å². The molecule has 1 unspecified atom stereocenters. The molecule has 1 heterocycles. The second-order valence-corrected chi connectivity index (χ2v) is 8.98. The summed E-state index contributed by atoms with van der Waals surface area (Å²) in [7, 11) is 3.08. The number of amides is 1. The molecule has 10 nitrogen and oxygen atoms in total. The Kier molecular flexibility index (Phi) is 20.4. The van der Waals surface area contributed by atoms with Gasteiger partial charge in [-0.05, 0) is 63.4 Å². The first-order chi connectivity index (χ1) is 20.2. The predicted octanol–water partition coefficient (Wildman–Crippen LogP) is 5.22. The van der Waals surface area contributed by atoms with Crippen LogP contribution in [0.15, 0.2) is 18.2 Å². The number of phenols is 1. The average molecular weight is 602 g/mol. The van der Waals surface area contributed by atoms with Gasteiger partial charge < -0.3 is 30.9 Å². The lowest BCUT2D eigenvalue weighted by Gasteiger charge is -2.22. The van der Waals surface area contributed by atoms with Gasteiger partial charge in [0.15, 0.2) is 5.82 Å². The van der Waals surface area contributed by atoms with Crippen LogP contribution >= 0.6 is 0 Å². The minimum absolute atomic E-state index is 0.145. The first-order valence-electron chi connectivity index (χ1n) is 14.0. The van der Waals surface area contributed by atoms with Gasteiger partial charge in [-0.15, -0.1) is 10.2 Å². The number of halogens is 3. The number of nitrogens with one attached hydrogen (secondary N) is 2. The number of ether oxygens (including phenoxy) is 2. The summed E-state index contributed by atoms with van der Waals surface area (Å²) in [5.41, 5.74) is 5.34. The van der Waals surface area contributed by atoms with Crippen molar-refractivity contribution >= 4 is 18.7 Å². The Labute approximate surface area is 246 Å². The van der Waals surface area contributed by atoms with Crippen LogP contribution < -0.4 is 16.4 Å². The molecular formula is C29H46F3N5O5. The summed E-state index contributed by atoms with van der Waals surface area (Å²) < 4.78 is 48.6. The molecule has 13 heteroatoms. The van der Waals surface area contributed by atoms with Crippen molar-refractivity contribution in [2.75, 3.05) is 32.7 Å². The van der Waals surface area contributed by atoms with Crippen molar-refractivity contribution in [1.82, 2.24) is 15.5 Å². The molecule has 1 aromatic heterocycles. The van der Waals surface area contributed by atoms with E-state index in [1.54, 1.807) is 14.0 Å². The summed E-state index contributed by atoms with van der Waals surface area (Å²) in [6.07, 6.45) is 2.19. The number of anilines is 1. The lowest BCUT2D eigenvalue weighted by atomic mass is 9.95. The number of hydrogen-bond donors (Lipinski definition) is 4. The molecule has 0 aliphatic carbocycles. The average Bonchev–Trinajstić information content (AvgIpc) is 2.98. The number of hydrogen-bond acceptors (Lipinski definition) is 9. The second kappa shape index (κ2) is 22.2. The van der Waals surface area contributed by atoms with Crippen LogP contribution in [-0.4, -0.2) is 61.6 Å². The van der Waals surface area contributed by atoms with Crippen molar-refractivity contribution in [1.29, 1.82) is 0 Å². The zero-order valence-electron chi connectivity index (χ0n) is 25.2. The molecule has 1 atom stereocenters. The summed E-state index contributed by atoms with van der Waals surface area (Å²) in [6.45, 7) is 7.50. The molecule has 238 valence electrons. The largest absolute Gasteiger partial charge is 0.507 e. The van der Waals surface area contributed by atoms with Crippen molar-refractivity contribution in [3.05, 3.63) is 34.9 Å². The molecule has 2 rings (SSSR count). The highest BCUT2D eigenvalue weighted by atomic mass is 19.4. The molecule has 0 saturated heterocycles. The lowest BCUT2D eigenvalue weighted by Crippen LogP contribution is -2.23. The van der Waals surface area contributed by atoms with E-state index in [0.29, 0.717) is 61.9 Å². The van der Waals surface area contributed by atoms with E-state index in [1.165, 1.54) is 13.1 Å². The van der Waals surface area contributed by atoms with Crippen LogP contribution in [0.5, 0.6) is 5.75 Å². The highest BCUT2D eigenvalue weighted by Gasteiger charge is 2.31. The molecule has 0 radical (unpaired) electrons. The number of nitrogens with zero attached hydrogens (tertiary/aromatic N) is 2. The first kappa shape index (κ1) is 38.5. The smallest absolute Gasteiger partial charge is 0.416 e. The van der Waals surface area contributed by atoms with E-state index in [2.05, 4.69) is 45.1 Å². The van der Waals surface area contributed by atoms with Crippen LogP contribution in [0.25, 0.3) is 11.3 Å². The zero-order chi connectivity index (χ0) is 32.0. The summed E-state index contributed by atoms with van der Waals surface area (Å²) in [4.78, 5) is 20.3. The van der Waals surface area contributed by atoms with Gasteiger partial charge in [-0.1, -0.05) is 33.1 Å². The van der Waals surface area contributed by atoms with Crippen LogP contribution in [0.1, 0.15) is 76.0 Å². The number of carbonyl (C=O) groups is 2. The van der Waals surface area contributed by atoms with E-state index in [4.69, 9.17) is 4.74 Å². The molecule has 0 bridgehead atoms. The standard InChI is InChI=1S/C25H35F3N4O3.C3H6O2.CH5N/c1-4-6-7-9-18(5-2)30-24-21(15-29-16-33)19(10-8-13-35-3)23(31-32-24)20-12-11-17(14-22(20)34)25(26,27)28;1-2-5-3-4;1-2/h11-12,14,16,18,34H,4-10,13,15H2,1-3H3,(H,29,33)(H,30,32);3H,2H2,1H3;2H2,1H3. The number of benzene rings is 1. The number of carbonyl (C=O) groups excluding carboxylic acids is 2. The van der Waals surface area contributed by atoms with E-state index in [1.807, 2.05) is 0 Å². The van der Waals surface area contributed by atoms with Crippen LogP contribution in [0, 0.1) is 0 Å². The molecule has 2 aromatic rings. The summed E-state index contributed by atoms with van der Waals surface area (Å²) >= 11 is 0. The number of methoxy groups -OCH3 is 1. The van der Waals surface area contributed by atoms with Gasteiger partial charge in [-0.25, -0.2) is 0 Å². The van der Waals surface area contributed by atoms with Crippen LogP contribution in [-0.2, 0) is 38.2 Å². The fraction of sp³-hybridized carbons (Fsp3) is 0.586.